The Morgan fingerprint density at radius 3 is 2.94 bits per heavy atom. The standard InChI is InChI=1S/C13H17BrN2/c1-10-3-2-6-16(8-10)9-11-4-5-13(15)12(14)7-11/h3-5,7H,2,6,8-9,15H2,1H3. The molecule has 1 aromatic rings. The van der Waals surface area contributed by atoms with Gasteiger partial charge in [0.2, 0.25) is 0 Å². The third-order valence-corrected chi connectivity index (χ3v) is 3.57. The third kappa shape index (κ3) is 2.86. The first kappa shape index (κ1) is 11.7. The number of benzene rings is 1. The monoisotopic (exact) mass is 280 g/mol. The van der Waals surface area contributed by atoms with Crippen LogP contribution in [0.15, 0.2) is 34.3 Å². The zero-order valence-electron chi connectivity index (χ0n) is 9.54. The average Bonchev–Trinajstić information content (AvgIpc) is 2.24. The number of nitrogen functional groups attached to an aromatic ring is 1. The number of hydrogen-bond donors (Lipinski definition) is 1. The zero-order valence-corrected chi connectivity index (χ0v) is 11.1. The summed E-state index contributed by atoms with van der Waals surface area (Å²) in [6.45, 7) is 5.44. The van der Waals surface area contributed by atoms with E-state index in [1.807, 2.05) is 6.07 Å². The normalized spacial score (nSPS) is 17.2. The Kier molecular flexibility index (Phi) is 3.66. The van der Waals surface area contributed by atoms with Gasteiger partial charge in [0.1, 0.15) is 0 Å². The molecule has 86 valence electrons. The zero-order chi connectivity index (χ0) is 11.5. The minimum Gasteiger partial charge on any atom is -0.398 e. The summed E-state index contributed by atoms with van der Waals surface area (Å²) in [5, 5.41) is 0. The lowest BCUT2D eigenvalue weighted by atomic mass is 10.1. The van der Waals surface area contributed by atoms with Crippen molar-refractivity contribution < 1.29 is 0 Å². The van der Waals surface area contributed by atoms with E-state index >= 15 is 0 Å². The van der Waals surface area contributed by atoms with Crippen molar-refractivity contribution in [2.45, 2.75) is 19.9 Å². The van der Waals surface area contributed by atoms with Gasteiger partial charge in [-0.1, -0.05) is 17.7 Å². The lowest BCUT2D eigenvalue weighted by Gasteiger charge is -2.26. The number of nitrogens with two attached hydrogens (primary N) is 1. The van der Waals surface area contributed by atoms with Crippen LogP contribution in [0.2, 0.25) is 0 Å². The Bertz CT molecular complexity index is 412. The van der Waals surface area contributed by atoms with Gasteiger partial charge in [0.15, 0.2) is 0 Å². The minimum absolute atomic E-state index is 0.804. The molecule has 3 heteroatoms. The molecule has 2 rings (SSSR count). The molecule has 0 amide bonds. The van der Waals surface area contributed by atoms with E-state index in [1.165, 1.54) is 17.6 Å². The molecule has 0 aromatic heterocycles. The highest BCUT2D eigenvalue weighted by Crippen LogP contribution is 2.22. The van der Waals surface area contributed by atoms with Crippen LogP contribution >= 0.6 is 15.9 Å². The third-order valence-electron chi connectivity index (χ3n) is 2.88. The number of rotatable bonds is 2. The number of hydrogen-bond acceptors (Lipinski definition) is 2. The summed E-state index contributed by atoms with van der Waals surface area (Å²) >= 11 is 3.47. The molecule has 0 spiro atoms. The smallest absolute Gasteiger partial charge is 0.0458 e. The molecule has 0 unspecified atom stereocenters. The van der Waals surface area contributed by atoms with Crippen molar-refractivity contribution in [2.24, 2.45) is 0 Å². The van der Waals surface area contributed by atoms with Crippen molar-refractivity contribution in [3.05, 3.63) is 39.9 Å². The lowest BCUT2D eigenvalue weighted by Crippen LogP contribution is -2.28. The van der Waals surface area contributed by atoms with Crippen molar-refractivity contribution in [1.29, 1.82) is 0 Å². The van der Waals surface area contributed by atoms with Crippen LogP contribution in [0, 0.1) is 0 Å². The van der Waals surface area contributed by atoms with Crippen LogP contribution in [0.3, 0.4) is 0 Å². The SMILES string of the molecule is CC1=CCCN(Cc2ccc(N)c(Br)c2)C1. The van der Waals surface area contributed by atoms with Gasteiger partial charge in [-0.2, -0.15) is 0 Å². The summed E-state index contributed by atoms with van der Waals surface area (Å²) in [5.41, 5.74) is 9.37. The molecule has 0 fully saturated rings. The van der Waals surface area contributed by atoms with Gasteiger partial charge in [0, 0.05) is 29.8 Å². The summed E-state index contributed by atoms with van der Waals surface area (Å²) in [4.78, 5) is 2.47. The summed E-state index contributed by atoms with van der Waals surface area (Å²) < 4.78 is 0.995. The number of halogens is 1. The van der Waals surface area contributed by atoms with E-state index in [2.05, 4.69) is 46.0 Å². The fourth-order valence-corrected chi connectivity index (χ4v) is 2.48. The predicted molar refractivity (Wildman–Crippen MR) is 72.2 cm³/mol. The van der Waals surface area contributed by atoms with Crippen molar-refractivity contribution in [1.82, 2.24) is 4.90 Å². The Hall–Kier alpha value is -0.800. The molecule has 0 saturated heterocycles. The van der Waals surface area contributed by atoms with E-state index in [0.29, 0.717) is 0 Å². The van der Waals surface area contributed by atoms with Gasteiger partial charge in [-0.15, -0.1) is 0 Å². The first-order valence-corrected chi connectivity index (χ1v) is 6.36. The Morgan fingerprint density at radius 1 is 1.44 bits per heavy atom. The molecule has 0 atom stereocenters. The fourth-order valence-electron chi connectivity index (χ4n) is 2.05. The molecular weight excluding hydrogens is 264 g/mol. The lowest BCUT2D eigenvalue weighted by molar-refractivity contribution is 0.282. The van der Waals surface area contributed by atoms with Crippen LogP contribution in [0.4, 0.5) is 5.69 Å². The molecule has 0 aliphatic carbocycles. The van der Waals surface area contributed by atoms with Crippen LogP contribution in [-0.4, -0.2) is 18.0 Å². The van der Waals surface area contributed by atoms with Crippen LogP contribution in [0.1, 0.15) is 18.9 Å². The molecule has 1 aliphatic heterocycles. The van der Waals surface area contributed by atoms with Gasteiger partial charge in [-0.3, -0.25) is 4.90 Å². The molecule has 0 radical (unpaired) electrons. The highest BCUT2D eigenvalue weighted by molar-refractivity contribution is 9.10. The molecule has 0 bridgehead atoms. The van der Waals surface area contributed by atoms with Crippen molar-refractivity contribution >= 4 is 21.6 Å². The Balaban J connectivity index is 2.04. The molecule has 2 nitrogen and oxygen atoms in total. The molecule has 2 N–H and O–H groups in total. The number of nitrogens with zero attached hydrogens (tertiary/aromatic N) is 1. The van der Waals surface area contributed by atoms with Crippen LogP contribution in [0.5, 0.6) is 0 Å². The predicted octanol–water partition coefficient (Wildman–Crippen LogP) is 3.18. The highest BCUT2D eigenvalue weighted by atomic mass is 79.9. The van der Waals surface area contributed by atoms with Crippen LogP contribution in [-0.2, 0) is 6.54 Å². The highest BCUT2D eigenvalue weighted by Gasteiger charge is 2.10. The first-order chi connectivity index (χ1) is 7.65. The largest absolute Gasteiger partial charge is 0.398 e. The summed E-state index contributed by atoms with van der Waals surface area (Å²) in [5.74, 6) is 0. The first-order valence-electron chi connectivity index (χ1n) is 5.57. The maximum absolute atomic E-state index is 5.77. The molecule has 1 aromatic carbocycles. The maximum atomic E-state index is 5.77. The van der Waals surface area contributed by atoms with E-state index in [9.17, 15) is 0 Å². The van der Waals surface area contributed by atoms with Gasteiger partial charge < -0.3 is 5.73 Å². The van der Waals surface area contributed by atoms with Crippen molar-refractivity contribution in [3.63, 3.8) is 0 Å². The summed E-state index contributed by atoms with van der Waals surface area (Å²) in [6.07, 6.45) is 3.50. The summed E-state index contributed by atoms with van der Waals surface area (Å²) in [6, 6.07) is 6.18. The van der Waals surface area contributed by atoms with Gasteiger partial charge in [0.25, 0.3) is 0 Å². The van der Waals surface area contributed by atoms with Crippen molar-refractivity contribution in [3.8, 4) is 0 Å². The van der Waals surface area contributed by atoms with E-state index < -0.39 is 0 Å². The second kappa shape index (κ2) is 5.02. The van der Waals surface area contributed by atoms with Crippen molar-refractivity contribution in [2.75, 3.05) is 18.8 Å². The number of anilines is 1. The van der Waals surface area contributed by atoms with Gasteiger partial charge >= 0.3 is 0 Å². The molecule has 1 aliphatic rings. The minimum atomic E-state index is 0.804. The second-order valence-electron chi connectivity index (χ2n) is 4.41. The fraction of sp³-hybridized carbons (Fsp3) is 0.385. The van der Waals surface area contributed by atoms with E-state index in [0.717, 1.165) is 29.8 Å². The second-order valence-corrected chi connectivity index (χ2v) is 5.26. The quantitative estimate of drug-likeness (QED) is 0.666. The molecular formula is C13H17BrN2. The van der Waals surface area contributed by atoms with E-state index in [1.54, 1.807) is 0 Å². The van der Waals surface area contributed by atoms with Crippen LogP contribution in [0.25, 0.3) is 0 Å². The van der Waals surface area contributed by atoms with E-state index in [4.69, 9.17) is 5.73 Å². The van der Waals surface area contributed by atoms with Gasteiger partial charge in [0.05, 0.1) is 0 Å². The van der Waals surface area contributed by atoms with E-state index in [-0.39, 0.29) is 0 Å². The van der Waals surface area contributed by atoms with Crippen LogP contribution < -0.4 is 5.73 Å². The maximum Gasteiger partial charge on any atom is 0.0458 e. The van der Waals surface area contributed by atoms with Gasteiger partial charge in [-0.25, -0.2) is 0 Å². The Morgan fingerprint density at radius 2 is 2.25 bits per heavy atom. The van der Waals surface area contributed by atoms with Gasteiger partial charge in [-0.05, 0) is 47.0 Å². The Labute approximate surface area is 105 Å². The molecule has 16 heavy (non-hydrogen) atoms. The molecule has 0 saturated carbocycles. The molecule has 1 heterocycles. The average molecular weight is 281 g/mol. The summed E-state index contributed by atoms with van der Waals surface area (Å²) in [7, 11) is 0. The topological polar surface area (TPSA) is 29.3 Å².